The smallest absolute Gasteiger partial charge is 0.577 e. The highest BCUT2D eigenvalue weighted by Crippen LogP contribution is 2.31. The van der Waals surface area contributed by atoms with Gasteiger partial charge in [0.2, 0.25) is 0 Å². The molecule has 7 rings (SSSR count). The van der Waals surface area contributed by atoms with Gasteiger partial charge in [-0.05, 0) is 59.7 Å². The van der Waals surface area contributed by atoms with Crippen LogP contribution in [0, 0.1) is 11.3 Å². The van der Waals surface area contributed by atoms with Crippen LogP contribution in [0.25, 0.3) is 32.9 Å². The predicted molar refractivity (Wildman–Crippen MR) is 151 cm³/mol. The first-order chi connectivity index (χ1) is 19.2. The largest absolute Gasteiger partial charge is 1.20 e. The molecule has 1 aliphatic heterocycles. The second-order valence-corrected chi connectivity index (χ2v) is 10.6. The Labute approximate surface area is 230 Å². The Balaban J connectivity index is 1.28. The van der Waals surface area contributed by atoms with Gasteiger partial charge in [-0.15, -0.1) is 0 Å². The molecule has 0 saturated carbocycles. The second-order valence-electron chi connectivity index (χ2n) is 9.30. The van der Waals surface area contributed by atoms with E-state index in [9.17, 15) is 5.26 Å². The molecule has 39 heavy (non-hydrogen) atoms. The van der Waals surface area contributed by atoms with Crippen LogP contribution in [0.4, 0.5) is 0 Å². The normalized spacial score (nSPS) is 12.3. The summed E-state index contributed by atoms with van der Waals surface area (Å²) in [5.74, 6) is 1.88. The number of nitriles is 1. The summed E-state index contributed by atoms with van der Waals surface area (Å²) in [6.07, 6.45) is 0.607. The maximum Gasteiger partial charge on any atom is 1.20 e. The van der Waals surface area contributed by atoms with Gasteiger partial charge in [0.25, 0.3) is 0 Å². The van der Waals surface area contributed by atoms with E-state index in [1.807, 2.05) is 91.0 Å². The van der Waals surface area contributed by atoms with Gasteiger partial charge < -0.3 is 11.4 Å². The molecule has 3 heterocycles. The fraction of sp³-hybridized carbons (Fsp3) is 0.0312. The number of pyridine rings is 2. The van der Waals surface area contributed by atoms with Crippen LogP contribution in [-0.4, -0.2) is 25.1 Å². The Hall–Kier alpha value is -4.88. The number of benzene rings is 4. The quantitative estimate of drug-likeness (QED) is 0.240. The van der Waals surface area contributed by atoms with Crippen LogP contribution < -0.4 is 11.4 Å². The monoisotopic (exact) mass is 521 g/mol. The van der Waals surface area contributed by atoms with E-state index >= 15 is 0 Å². The van der Waals surface area contributed by atoms with Crippen molar-refractivity contribution < 1.29 is 11.4 Å². The molecule has 0 radical (unpaired) electrons. The summed E-state index contributed by atoms with van der Waals surface area (Å²) in [5.41, 5.74) is 5.93. The van der Waals surface area contributed by atoms with Crippen molar-refractivity contribution in [3.05, 3.63) is 126 Å². The van der Waals surface area contributed by atoms with Gasteiger partial charge in [0, 0.05) is 28.6 Å². The SMILES string of the molecule is N#Cc1cccc(-c2ccc([O][Al]3[O]c4cccc5ccc(nc45)Cc4ccc5cccc(c5n4)[O]3)cc2)c1. The van der Waals surface area contributed by atoms with Crippen LogP contribution >= 0.6 is 0 Å². The fourth-order valence-electron chi connectivity index (χ4n) is 4.78. The Morgan fingerprint density at radius 3 is 1.90 bits per heavy atom. The molecule has 0 N–H and O–H groups in total. The van der Waals surface area contributed by atoms with Crippen molar-refractivity contribution in [2.45, 2.75) is 6.42 Å². The van der Waals surface area contributed by atoms with Gasteiger partial charge in [0.1, 0.15) is 22.5 Å². The molecule has 4 bridgehead atoms. The van der Waals surface area contributed by atoms with Crippen LogP contribution in [0.3, 0.4) is 0 Å². The number of nitrogens with zero attached hydrogens (tertiary/aromatic N) is 3. The summed E-state index contributed by atoms with van der Waals surface area (Å²) in [5, 5.41) is 11.2. The fourth-order valence-corrected chi connectivity index (χ4v) is 6.10. The molecule has 4 aromatic carbocycles. The molecule has 0 aliphatic carbocycles. The van der Waals surface area contributed by atoms with E-state index in [1.165, 1.54) is 0 Å². The second kappa shape index (κ2) is 9.78. The molecule has 184 valence electrons. The standard InChI is InChI=1S/C19H14N2O2.C13H9NO.Al/c22-16-5-1-3-12-7-9-14(20-18(12)16)11-15-10-8-13-4-2-6-17(23)19(13)21-15;14-9-10-2-1-3-12(8-10)11-4-6-13(15)7-5-11;/h1-10,22-23H,11H2;1-8,15H;/q;;+3/p-3. The summed E-state index contributed by atoms with van der Waals surface area (Å²) in [6, 6.07) is 37.3. The Morgan fingerprint density at radius 2 is 1.28 bits per heavy atom. The summed E-state index contributed by atoms with van der Waals surface area (Å²) in [6.45, 7) is 0. The maximum absolute atomic E-state index is 9.24. The summed E-state index contributed by atoms with van der Waals surface area (Å²) in [4.78, 5) is 9.83. The number of rotatable bonds is 3. The van der Waals surface area contributed by atoms with Gasteiger partial charge in [0.05, 0.1) is 17.4 Å². The van der Waals surface area contributed by atoms with Gasteiger partial charge in [-0.1, -0.05) is 60.7 Å². The van der Waals surface area contributed by atoms with Gasteiger partial charge >= 0.3 is 15.1 Å². The third-order valence-electron chi connectivity index (χ3n) is 6.70. The minimum Gasteiger partial charge on any atom is -0.577 e. The van der Waals surface area contributed by atoms with Gasteiger partial charge in [-0.2, -0.15) is 5.26 Å². The van der Waals surface area contributed by atoms with E-state index in [0.29, 0.717) is 29.2 Å². The van der Waals surface area contributed by atoms with Crippen molar-refractivity contribution in [3.8, 4) is 34.4 Å². The first kappa shape index (κ1) is 23.3. The number of hydrogen-bond donors (Lipinski definition) is 0. The van der Waals surface area contributed by atoms with E-state index in [1.54, 1.807) is 6.07 Å². The highest BCUT2D eigenvalue weighted by atomic mass is 27.3. The van der Waals surface area contributed by atoms with Crippen LogP contribution in [-0.2, 0) is 6.42 Å². The highest BCUT2D eigenvalue weighted by Gasteiger charge is 2.45. The average Bonchev–Trinajstić information content (AvgIpc) is 2.97. The van der Waals surface area contributed by atoms with Crippen LogP contribution in [0.15, 0.2) is 109 Å². The van der Waals surface area contributed by atoms with Gasteiger partial charge in [-0.3, -0.25) is 0 Å². The topological polar surface area (TPSA) is 77.3 Å². The first-order valence-corrected chi connectivity index (χ1v) is 14.0. The van der Waals surface area contributed by atoms with E-state index in [0.717, 1.165) is 44.3 Å². The Morgan fingerprint density at radius 1 is 0.667 bits per heavy atom. The van der Waals surface area contributed by atoms with Crippen LogP contribution in [0.2, 0.25) is 0 Å². The van der Waals surface area contributed by atoms with E-state index in [-0.39, 0.29) is 0 Å². The zero-order chi connectivity index (χ0) is 26.2. The Bertz CT molecular complexity index is 1810. The number of hydrogen-bond acceptors (Lipinski definition) is 6. The molecule has 0 amide bonds. The van der Waals surface area contributed by atoms with Crippen molar-refractivity contribution in [1.82, 2.24) is 9.97 Å². The predicted octanol–water partition coefficient (Wildman–Crippen LogP) is 6.75. The lowest BCUT2D eigenvalue weighted by atomic mass is 10.0. The molecule has 0 unspecified atom stereocenters. The van der Waals surface area contributed by atoms with E-state index in [2.05, 4.69) is 18.2 Å². The lowest BCUT2D eigenvalue weighted by Crippen LogP contribution is -2.37. The molecule has 0 saturated heterocycles. The highest BCUT2D eigenvalue weighted by molar-refractivity contribution is 6.40. The molecule has 0 fully saturated rings. The third kappa shape index (κ3) is 4.64. The zero-order valence-electron chi connectivity index (χ0n) is 20.7. The molecular weight excluding hydrogens is 501 g/mol. The minimum atomic E-state index is -2.85. The number of para-hydroxylation sites is 2. The van der Waals surface area contributed by atoms with Gasteiger partial charge in [0.15, 0.2) is 0 Å². The van der Waals surface area contributed by atoms with Crippen molar-refractivity contribution in [2.24, 2.45) is 0 Å². The lowest BCUT2D eigenvalue weighted by Gasteiger charge is -2.19. The summed E-state index contributed by atoms with van der Waals surface area (Å²) < 4.78 is 19.3. The molecule has 0 atom stereocenters. The number of aromatic nitrogens is 2. The first-order valence-electron chi connectivity index (χ1n) is 12.6. The molecular formula is C32H20AlN3O3. The molecule has 6 aromatic rings. The molecule has 1 aliphatic rings. The van der Waals surface area contributed by atoms with Crippen molar-refractivity contribution in [3.63, 3.8) is 0 Å². The molecule has 6 nitrogen and oxygen atoms in total. The third-order valence-corrected chi connectivity index (χ3v) is 8.06. The van der Waals surface area contributed by atoms with Crippen molar-refractivity contribution in [2.75, 3.05) is 0 Å². The number of fused-ring (bicyclic) bond motifs is 2. The molecule has 2 aromatic heterocycles. The minimum absolute atomic E-state index is 0.607. The van der Waals surface area contributed by atoms with E-state index < -0.39 is 15.1 Å². The molecule has 0 spiro atoms. The Kier molecular flexibility index (Phi) is 5.83. The van der Waals surface area contributed by atoms with E-state index in [4.69, 9.17) is 21.3 Å². The molecule has 7 heteroatoms. The summed E-state index contributed by atoms with van der Waals surface area (Å²) >= 11 is -2.85. The van der Waals surface area contributed by atoms with Crippen LogP contribution in [0.5, 0.6) is 17.2 Å². The van der Waals surface area contributed by atoms with Crippen LogP contribution in [0.1, 0.15) is 17.0 Å². The average molecular weight is 522 g/mol. The van der Waals surface area contributed by atoms with Gasteiger partial charge in [-0.25, -0.2) is 9.97 Å². The van der Waals surface area contributed by atoms with Crippen molar-refractivity contribution >= 4 is 37.0 Å². The summed E-state index contributed by atoms with van der Waals surface area (Å²) in [7, 11) is 0. The zero-order valence-corrected chi connectivity index (χ0v) is 21.9. The maximum atomic E-state index is 9.24. The van der Waals surface area contributed by atoms with Crippen molar-refractivity contribution in [1.29, 1.82) is 5.26 Å². The lowest BCUT2D eigenvalue weighted by molar-refractivity contribution is 0.310.